The van der Waals surface area contributed by atoms with E-state index in [1.54, 1.807) is 22.0 Å². The smallest absolute Gasteiger partial charge is 0.303 e. The summed E-state index contributed by atoms with van der Waals surface area (Å²) in [6, 6.07) is 0. The number of likely N-dealkylation sites (tertiary alicyclic amines) is 1. The minimum absolute atomic E-state index is 0.0576. The molecule has 6 heteroatoms. The molecular formula is C14H21N3O3. The second kappa shape index (κ2) is 6.07. The molecule has 1 amide bonds. The lowest BCUT2D eigenvalue weighted by atomic mass is 9.84. The molecule has 6 nitrogen and oxygen atoms in total. The van der Waals surface area contributed by atoms with Crippen LogP contribution in [0, 0.1) is 11.8 Å². The molecule has 2 rings (SSSR count). The van der Waals surface area contributed by atoms with Gasteiger partial charge in [-0.2, -0.15) is 0 Å². The zero-order chi connectivity index (χ0) is 14.7. The number of piperidine rings is 1. The molecule has 0 bridgehead atoms. The Labute approximate surface area is 118 Å². The first-order valence-corrected chi connectivity index (χ1v) is 6.96. The first-order chi connectivity index (χ1) is 9.47. The minimum atomic E-state index is -0.773. The highest BCUT2D eigenvalue weighted by molar-refractivity contribution is 5.92. The first kappa shape index (κ1) is 14.6. The van der Waals surface area contributed by atoms with Gasteiger partial charge in [-0.1, -0.05) is 6.92 Å². The van der Waals surface area contributed by atoms with E-state index in [-0.39, 0.29) is 24.2 Å². The van der Waals surface area contributed by atoms with Crippen molar-refractivity contribution in [1.82, 2.24) is 14.5 Å². The Kier molecular flexibility index (Phi) is 4.42. The van der Waals surface area contributed by atoms with Crippen molar-refractivity contribution in [3.05, 3.63) is 18.2 Å². The highest BCUT2D eigenvalue weighted by Gasteiger charge is 2.29. The predicted octanol–water partition coefficient (Wildman–Crippen LogP) is 1.38. The number of nitrogens with zero attached hydrogens (tertiary/aromatic N) is 3. The van der Waals surface area contributed by atoms with Crippen molar-refractivity contribution >= 4 is 11.9 Å². The molecule has 20 heavy (non-hydrogen) atoms. The Bertz CT molecular complexity index is 498. The topological polar surface area (TPSA) is 75.4 Å². The summed E-state index contributed by atoms with van der Waals surface area (Å²) in [6.45, 7) is 3.31. The second-order valence-corrected chi connectivity index (χ2v) is 5.65. The Morgan fingerprint density at radius 1 is 1.55 bits per heavy atom. The van der Waals surface area contributed by atoms with E-state index < -0.39 is 5.97 Å². The van der Waals surface area contributed by atoms with Gasteiger partial charge < -0.3 is 14.6 Å². The van der Waals surface area contributed by atoms with Crippen molar-refractivity contribution in [3.8, 4) is 0 Å². The number of hydrogen-bond acceptors (Lipinski definition) is 3. The van der Waals surface area contributed by atoms with Gasteiger partial charge in [-0.25, -0.2) is 4.98 Å². The van der Waals surface area contributed by atoms with Crippen LogP contribution in [0.4, 0.5) is 0 Å². The molecule has 1 N–H and O–H groups in total. The number of hydrogen-bond donors (Lipinski definition) is 1. The second-order valence-electron chi connectivity index (χ2n) is 5.65. The number of carbonyl (C=O) groups is 2. The molecule has 1 aromatic heterocycles. The molecule has 2 unspecified atom stereocenters. The summed E-state index contributed by atoms with van der Waals surface area (Å²) in [7, 11) is 1.83. The molecule has 1 aliphatic rings. The van der Waals surface area contributed by atoms with Crippen molar-refractivity contribution in [1.29, 1.82) is 0 Å². The molecule has 110 valence electrons. The van der Waals surface area contributed by atoms with Crippen molar-refractivity contribution in [2.24, 2.45) is 18.9 Å². The standard InChI is InChI=1S/C14H21N3O3/c1-10(6-13(18)19)11-4-3-5-17(7-11)14(20)12-8-16(2)9-15-12/h8-11H,3-7H2,1-2H3,(H,18,19). The summed E-state index contributed by atoms with van der Waals surface area (Å²) in [4.78, 5) is 29.0. The van der Waals surface area contributed by atoms with E-state index in [9.17, 15) is 9.59 Å². The average molecular weight is 279 g/mol. The third-order valence-electron chi connectivity index (χ3n) is 3.97. The van der Waals surface area contributed by atoms with Gasteiger partial charge in [-0.15, -0.1) is 0 Å². The van der Waals surface area contributed by atoms with Crippen LogP contribution in [0.5, 0.6) is 0 Å². The van der Waals surface area contributed by atoms with Gasteiger partial charge in [-0.05, 0) is 24.7 Å². The van der Waals surface area contributed by atoms with Crippen LogP contribution < -0.4 is 0 Å². The van der Waals surface area contributed by atoms with Crippen LogP contribution in [0.1, 0.15) is 36.7 Å². The fourth-order valence-electron chi connectivity index (χ4n) is 2.79. The molecule has 1 fully saturated rings. The molecule has 1 aliphatic heterocycles. The molecule has 0 spiro atoms. The maximum absolute atomic E-state index is 12.3. The molecule has 1 aromatic rings. The molecule has 2 atom stereocenters. The predicted molar refractivity (Wildman–Crippen MR) is 73.3 cm³/mol. The number of rotatable bonds is 4. The zero-order valence-electron chi connectivity index (χ0n) is 12.0. The third-order valence-corrected chi connectivity index (χ3v) is 3.97. The Morgan fingerprint density at radius 3 is 2.90 bits per heavy atom. The van der Waals surface area contributed by atoms with Gasteiger partial charge in [0.25, 0.3) is 5.91 Å². The van der Waals surface area contributed by atoms with E-state index in [0.29, 0.717) is 12.2 Å². The first-order valence-electron chi connectivity index (χ1n) is 6.96. The quantitative estimate of drug-likeness (QED) is 0.903. The average Bonchev–Trinajstić information content (AvgIpc) is 2.84. The van der Waals surface area contributed by atoms with Gasteiger partial charge in [-0.3, -0.25) is 9.59 Å². The van der Waals surface area contributed by atoms with Crippen molar-refractivity contribution < 1.29 is 14.7 Å². The molecule has 0 aromatic carbocycles. The van der Waals surface area contributed by atoms with Crippen molar-refractivity contribution in [2.45, 2.75) is 26.2 Å². The van der Waals surface area contributed by atoms with Crippen LogP contribution in [0.15, 0.2) is 12.5 Å². The van der Waals surface area contributed by atoms with E-state index in [1.807, 2.05) is 14.0 Å². The van der Waals surface area contributed by atoms with Crippen LogP contribution in [0.25, 0.3) is 0 Å². The lowest BCUT2D eigenvalue weighted by molar-refractivity contribution is -0.138. The number of carbonyl (C=O) groups excluding carboxylic acids is 1. The monoisotopic (exact) mass is 279 g/mol. The highest BCUT2D eigenvalue weighted by atomic mass is 16.4. The van der Waals surface area contributed by atoms with Gasteiger partial charge in [0.05, 0.1) is 6.33 Å². The summed E-state index contributed by atoms with van der Waals surface area (Å²) >= 11 is 0. The van der Waals surface area contributed by atoms with Crippen LogP contribution >= 0.6 is 0 Å². The van der Waals surface area contributed by atoms with Crippen LogP contribution in [0.3, 0.4) is 0 Å². The van der Waals surface area contributed by atoms with Crippen LogP contribution in [-0.4, -0.2) is 44.5 Å². The molecule has 0 aliphatic carbocycles. The summed E-state index contributed by atoms with van der Waals surface area (Å²) < 4.78 is 1.75. The Hall–Kier alpha value is -1.85. The van der Waals surface area contributed by atoms with Gasteiger partial charge in [0, 0.05) is 32.8 Å². The van der Waals surface area contributed by atoms with Gasteiger partial charge in [0.15, 0.2) is 0 Å². The maximum atomic E-state index is 12.3. The number of amides is 1. The minimum Gasteiger partial charge on any atom is -0.481 e. The zero-order valence-corrected chi connectivity index (χ0v) is 12.0. The highest BCUT2D eigenvalue weighted by Crippen LogP contribution is 2.26. The molecule has 2 heterocycles. The third kappa shape index (κ3) is 3.37. The maximum Gasteiger partial charge on any atom is 0.303 e. The lowest BCUT2D eigenvalue weighted by Crippen LogP contribution is -2.42. The normalized spacial score (nSPS) is 20.7. The number of carboxylic acid groups (broad SMARTS) is 1. The van der Waals surface area contributed by atoms with Gasteiger partial charge in [0.1, 0.15) is 5.69 Å². The van der Waals surface area contributed by atoms with Crippen molar-refractivity contribution in [2.75, 3.05) is 13.1 Å². The summed E-state index contributed by atoms with van der Waals surface area (Å²) in [5.74, 6) is -0.483. The summed E-state index contributed by atoms with van der Waals surface area (Å²) in [6.07, 6.45) is 5.40. The lowest BCUT2D eigenvalue weighted by Gasteiger charge is -2.35. The molecule has 0 radical (unpaired) electrons. The SMILES string of the molecule is CC(CC(=O)O)C1CCCN(C(=O)c2cn(C)cn2)C1. The number of aryl methyl sites for hydroxylation is 1. The fourth-order valence-corrected chi connectivity index (χ4v) is 2.79. The van der Waals surface area contributed by atoms with Gasteiger partial charge >= 0.3 is 5.97 Å². The molecule has 0 saturated carbocycles. The van der Waals surface area contributed by atoms with Crippen molar-refractivity contribution in [3.63, 3.8) is 0 Å². The fraction of sp³-hybridized carbons (Fsp3) is 0.643. The van der Waals surface area contributed by atoms with Gasteiger partial charge in [0.2, 0.25) is 0 Å². The number of aliphatic carboxylic acids is 1. The van der Waals surface area contributed by atoms with E-state index in [2.05, 4.69) is 4.98 Å². The summed E-state index contributed by atoms with van der Waals surface area (Å²) in [5, 5.41) is 8.88. The summed E-state index contributed by atoms with van der Waals surface area (Å²) in [5.41, 5.74) is 0.457. The molecule has 1 saturated heterocycles. The van der Waals surface area contributed by atoms with E-state index in [4.69, 9.17) is 5.11 Å². The van der Waals surface area contributed by atoms with E-state index in [0.717, 1.165) is 19.4 Å². The number of imidazole rings is 1. The Morgan fingerprint density at radius 2 is 2.30 bits per heavy atom. The van der Waals surface area contributed by atoms with Crippen LogP contribution in [-0.2, 0) is 11.8 Å². The van der Waals surface area contributed by atoms with E-state index in [1.165, 1.54) is 0 Å². The number of aromatic nitrogens is 2. The van der Waals surface area contributed by atoms with E-state index >= 15 is 0 Å². The van der Waals surface area contributed by atoms with Crippen LogP contribution in [0.2, 0.25) is 0 Å². The Balaban J connectivity index is 1.99. The largest absolute Gasteiger partial charge is 0.481 e. The molecular weight excluding hydrogens is 258 g/mol. The number of carboxylic acids is 1.